The van der Waals surface area contributed by atoms with Gasteiger partial charge >= 0.3 is 6.09 Å². The number of halogens is 2. The predicted molar refractivity (Wildman–Crippen MR) is 124 cm³/mol. The van der Waals surface area contributed by atoms with Gasteiger partial charge in [0.15, 0.2) is 0 Å². The van der Waals surface area contributed by atoms with E-state index in [1.807, 2.05) is 6.92 Å². The van der Waals surface area contributed by atoms with Crippen LogP contribution in [-0.2, 0) is 9.47 Å². The maximum absolute atomic E-state index is 13.9. The summed E-state index contributed by atoms with van der Waals surface area (Å²) in [5, 5.41) is 15.0. The monoisotopic (exact) mass is 493 g/mol. The molecule has 1 amide bonds. The van der Waals surface area contributed by atoms with Crippen LogP contribution < -0.4 is 4.90 Å². The van der Waals surface area contributed by atoms with Crippen molar-refractivity contribution < 1.29 is 28.2 Å². The minimum atomic E-state index is -2.76. The van der Waals surface area contributed by atoms with Crippen molar-refractivity contribution in [2.75, 3.05) is 18.1 Å². The fourth-order valence-corrected chi connectivity index (χ4v) is 4.42. The van der Waals surface area contributed by atoms with Crippen molar-refractivity contribution in [3.63, 3.8) is 0 Å². The van der Waals surface area contributed by atoms with Crippen LogP contribution in [0.5, 0.6) is 0 Å². The summed E-state index contributed by atoms with van der Waals surface area (Å²) in [6.07, 6.45) is 0.375. The van der Waals surface area contributed by atoms with Crippen molar-refractivity contribution in [1.29, 1.82) is 0 Å². The molecule has 2 unspecified atom stereocenters. The predicted octanol–water partition coefficient (Wildman–Crippen LogP) is 4.15. The molecule has 2 aliphatic rings. The molecule has 1 saturated carbocycles. The van der Waals surface area contributed by atoms with Crippen molar-refractivity contribution in [2.45, 2.75) is 89.4 Å². The highest BCUT2D eigenvalue weighted by atomic mass is 19.3. The average molecular weight is 494 g/mol. The Balaban J connectivity index is 1.79. The van der Waals surface area contributed by atoms with Gasteiger partial charge in [0.25, 0.3) is 5.95 Å². The zero-order chi connectivity index (χ0) is 25.4. The van der Waals surface area contributed by atoms with E-state index in [2.05, 4.69) is 15.1 Å². The summed E-state index contributed by atoms with van der Waals surface area (Å²) in [5.41, 5.74) is 0.444. The number of amides is 1. The third-order valence-corrected chi connectivity index (χ3v) is 6.24. The Morgan fingerprint density at radius 3 is 2.57 bits per heavy atom. The molecule has 1 aliphatic heterocycles. The number of anilines is 1. The van der Waals surface area contributed by atoms with E-state index in [4.69, 9.17) is 9.47 Å². The molecule has 0 bridgehead atoms. The van der Waals surface area contributed by atoms with Crippen molar-refractivity contribution in [2.24, 2.45) is 0 Å². The summed E-state index contributed by atoms with van der Waals surface area (Å²) in [7, 11) is 0. The first-order valence-electron chi connectivity index (χ1n) is 12.0. The Bertz CT molecular complexity index is 1040. The molecule has 11 heteroatoms. The van der Waals surface area contributed by atoms with E-state index in [-0.39, 0.29) is 44.1 Å². The lowest BCUT2D eigenvalue weighted by Crippen LogP contribution is -2.47. The van der Waals surface area contributed by atoms with Crippen LogP contribution in [0.1, 0.15) is 70.2 Å². The summed E-state index contributed by atoms with van der Waals surface area (Å²) in [4.78, 5) is 24.0. The minimum Gasteiger partial charge on any atom is -0.443 e. The van der Waals surface area contributed by atoms with Crippen molar-refractivity contribution >= 4 is 11.9 Å². The lowest BCUT2D eigenvalue weighted by molar-refractivity contribution is -0.0389. The van der Waals surface area contributed by atoms with Gasteiger partial charge in [0.2, 0.25) is 5.92 Å². The van der Waals surface area contributed by atoms with Gasteiger partial charge in [-0.3, -0.25) is 4.90 Å². The molecule has 35 heavy (non-hydrogen) atoms. The molecule has 0 radical (unpaired) electrons. The van der Waals surface area contributed by atoms with Crippen LogP contribution in [0.4, 0.5) is 19.4 Å². The standard InChI is InChI=1S/C24H33F2N5O4/c1-15-7-11-30(29-15)21-27-18(17-14-34-12-8-19(17)32)13-20(28-21)31(22(33)35-23(2,3)4)16-5-9-24(25,26)10-6-16/h7,11,13,16-17,19,32H,5-6,8-10,12,14H2,1-4H3. The molecule has 1 N–H and O–H groups in total. The van der Waals surface area contributed by atoms with E-state index in [9.17, 15) is 18.7 Å². The van der Waals surface area contributed by atoms with Gasteiger partial charge in [0.1, 0.15) is 11.4 Å². The van der Waals surface area contributed by atoms with E-state index >= 15 is 0 Å². The number of rotatable bonds is 4. The molecule has 2 aromatic heterocycles. The average Bonchev–Trinajstić information content (AvgIpc) is 3.20. The highest BCUT2D eigenvalue weighted by molar-refractivity contribution is 5.87. The molecular formula is C24H33F2N5O4. The van der Waals surface area contributed by atoms with Gasteiger partial charge in [-0.1, -0.05) is 0 Å². The van der Waals surface area contributed by atoms with Gasteiger partial charge < -0.3 is 14.6 Å². The summed E-state index contributed by atoms with van der Waals surface area (Å²) < 4.78 is 40.6. The van der Waals surface area contributed by atoms with Gasteiger partial charge in [-0.15, -0.1) is 0 Å². The number of nitrogens with zero attached hydrogens (tertiary/aromatic N) is 5. The van der Waals surface area contributed by atoms with E-state index in [1.54, 1.807) is 39.1 Å². The minimum absolute atomic E-state index is 0.108. The van der Waals surface area contributed by atoms with Crippen LogP contribution in [0.2, 0.25) is 0 Å². The first-order valence-corrected chi connectivity index (χ1v) is 12.0. The van der Waals surface area contributed by atoms with Crippen LogP contribution in [0, 0.1) is 6.92 Å². The molecule has 4 rings (SSSR count). The van der Waals surface area contributed by atoms with E-state index in [0.717, 1.165) is 5.69 Å². The molecule has 2 fully saturated rings. The molecule has 2 atom stereocenters. The van der Waals surface area contributed by atoms with Gasteiger partial charge in [0, 0.05) is 37.8 Å². The van der Waals surface area contributed by atoms with Crippen molar-refractivity contribution in [1.82, 2.24) is 19.7 Å². The number of hydrogen-bond acceptors (Lipinski definition) is 7. The SMILES string of the molecule is Cc1ccn(-c2nc(C3COCCC3O)cc(N(C(=O)OC(C)(C)C)C3CCC(F)(F)CC3)n2)n1. The number of hydrogen-bond donors (Lipinski definition) is 1. The molecule has 0 aromatic carbocycles. The number of carbonyl (C=O) groups excluding carboxylic acids is 1. The number of aromatic nitrogens is 4. The maximum Gasteiger partial charge on any atom is 0.416 e. The lowest BCUT2D eigenvalue weighted by atomic mass is 9.91. The normalized spacial score (nSPS) is 23.2. The molecule has 192 valence electrons. The van der Waals surface area contributed by atoms with E-state index in [1.165, 1.54) is 9.58 Å². The van der Waals surface area contributed by atoms with Crippen LogP contribution in [0.25, 0.3) is 5.95 Å². The smallest absolute Gasteiger partial charge is 0.416 e. The maximum atomic E-state index is 13.9. The first-order chi connectivity index (χ1) is 16.4. The fourth-order valence-electron chi connectivity index (χ4n) is 4.42. The van der Waals surface area contributed by atoms with Crippen molar-refractivity contribution in [3.8, 4) is 5.95 Å². The molecular weight excluding hydrogens is 460 g/mol. The lowest BCUT2D eigenvalue weighted by Gasteiger charge is -2.37. The molecule has 1 saturated heterocycles. The van der Waals surface area contributed by atoms with Gasteiger partial charge in [-0.2, -0.15) is 10.1 Å². The summed E-state index contributed by atoms with van der Waals surface area (Å²) in [5.74, 6) is -2.76. The summed E-state index contributed by atoms with van der Waals surface area (Å²) >= 11 is 0. The Kier molecular flexibility index (Phi) is 7.10. The molecule has 3 heterocycles. The topological polar surface area (TPSA) is 103 Å². The Hall–Kier alpha value is -2.66. The molecule has 2 aromatic rings. The number of aliphatic hydroxyl groups is 1. The Morgan fingerprint density at radius 2 is 1.97 bits per heavy atom. The molecule has 9 nitrogen and oxygen atoms in total. The fraction of sp³-hybridized carbons (Fsp3) is 0.667. The van der Waals surface area contributed by atoms with Gasteiger partial charge in [0.05, 0.1) is 30.0 Å². The number of alkyl halides is 2. The highest BCUT2D eigenvalue weighted by Gasteiger charge is 2.41. The second-order valence-corrected chi connectivity index (χ2v) is 10.3. The third-order valence-electron chi connectivity index (χ3n) is 6.24. The number of aryl methyl sites for hydroxylation is 1. The van der Waals surface area contributed by atoms with Gasteiger partial charge in [-0.25, -0.2) is 23.2 Å². The largest absolute Gasteiger partial charge is 0.443 e. The quantitative estimate of drug-likeness (QED) is 0.682. The first kappa shape index (κ1) is 25.4. The molecule has 0 spiro atoms. The summed E-state index contributed by atoms with van der Waals surface area (Å²) in [6.45, 7) is 7.78. The zero-order valence-electron chi connectivity index (χ0n) is 20.6. The second kappa shape index (κ2) is 9.77. The summed E-state index contributed by atoms with van der Waals surface area (Å²) in [6, 6.07) is 2.90. The second-order valence-electron chi connectivity index (χ2n) is 10.3. The van der Waals surface area contributed by atoms with Crippen LogP contribution in [0.3, 0.4) is 0 Å². The van der Waals surface area contributed by atoms with Crippen molar-refractivity contribution in [3.05, 3.63) is 29.7 Å². The third kappa shape index (κ3) is 6.13. The van der Waals surface area contributed by atoms with E-state index < -0.39 is 35.7 Å². The zero-order valence-corrected chi connectivity index (χ0v) is 20.6. The number of ether oxygens (including phenoxy) is 2. The highest BCUT2D eigenvalue weighted by Crippen LogP contribution is 2.37. The van der Waals surface area contributed by atoms with E-state index in [0.29, 0.717) is 18.7 Å². The van der Waals surface area contributed by atoms with Crippen LogP contribution in [0.15, 0.2) is 18.3 Å². The van der Waals surface area contributed by atoms with Gasteiger partial charge in [-0.05, 0) is 53.0 Å². The molecule has 1 aliphatic carbocycles. The van der Waals surface area contributed by atoms with Crippen LogP contribution >= 0.6 is 0 Å². The Labute approximate surface area is 203 Å². The number of carbonyl (C=O) groups is 1. The Morgan fingerprint density at radius 1 is 1.26 bits per heavy atom. The van der Waals surface area contributed by atoms with Crippen LogP contribution in [-0.4, -0.2) is 67.8 Å². The number of aliphatic hydroxyl groups excluding tert-OH is 1.